The summed E-state index contributed by atoms with van der Waals surface area (Å²) in [5.41, 5.74) is 3.32. The average molecular weight is 373 g/mol. The molecule has 0 bridgehead atoms. The van der Waals surface area contributed by atoms with Crippen LogP contribution in [0.4, 0.5) is 0 Å². The second kappa shape index (κ2) is 8.06. The smallest absolute Gasteiger partial charge is 0.224 e. The number of hydrogen-bond donors (Lipinski definition) is 1. The van der Waals surface area contributed by atoms with E-state index in [9.17, 15) is 4.79 Å². The Morgan fingerprint density at radius 1 is 0.852 bits per heavy atom. The molecule has 0 aliphatic heterocycles. The molecule has 2 heterocycles. The molecule has 0 saturated carbocycles. The molecular weight excluding hydrogens is 354 g/mol. The Kier molecular flexibility index (Phi) is 5.17. The van der Waals surface area contributed by atoms with Gasteiger partial charge in [-0.25, -0.2) is 0 Å². The average Bonchev–Trinajstić information content (AvgIpc) is 3.39. The lowest BCUT2D eigenvalue weighted by atomic mass is 10.0. The number of benzene rings is 2. The molecule has 4 heteroatoms. The van der Waals surface area contributed by atoms with Gasteiger partial charge in [-0.1, -0.05) is 60.7 Å². The molecule has 0 saturated heterocycles. The van der Waals surface area contributed by atoms with E-state index >= 15 is 0 Å². The molecule has 1 N–H and O–H groups in total. The summed E-state index contributed by atoms with van der Waals surface area (Å²) >= 11 is 1.63. The Morgan fingerprint density at radius 3 is 2.37 bits per heavy atom. The Labute approximate surface area is 162 Å². The Hall–Kier alpha value is -3.11. The fourth-order valence-electron chi connectivity index (χ4n) is 2.90. The van der Waals surface area contributed by atoms with E-state index in [1.807, 2.05) is 60.0 Å². The normalized spacial score (nSPS) is 10.7. The van der Waals surface area contributed by atoms with E-state index < -0.39 is 0 Å². The van der Waals surface area contributed by atoms with Crippen molar-refractivity contribution >= 4 is 17.2 Å². The lowest BCUT2D eigenvalue weighted by Crippen LogP contribution is -2.24. The Morgan fingerprint density at radius 2 is 1.63 bits per heavy atom. The van der Waals surface area contributed by atoms with Gasteiger partial charge in [-0.15, -0.1) is 11.3 Å². The zero-order valence-electron chi connectivity index (χ0n) is 14.7. The van der Waals surface area contributed by atoms with Crippen molar-refractivity contribution in [3.05, 3.63) is 95.6 Å². The summed E-state index contributed by atoms with van der Waals surface area (Å²) in [5.74, 6) is 1.58. The standard InChI is InChI=1S/C23H19NO2S/c25-23(24-16-20-12-13-21(26-20)22-7-4-14-27-22)15-17-8-10-19(11-9-17)18-5-2-1-3-6-18/h1-14H,15-16H2,(H,24,25). The van der Waals surface area contributed by atoms with E-state index in [0.717, 1.165) is 27.5 Å². The predicted octanol–water partition coefficient (Wildman–Crippen LogP) is 5.53. The van der Waals surface area contributed by atoms with Crippen molar-refractivity contribution in [1.82, 2.24) is 5.32 Å². The van der Waals surface area contributed by atoms with Gasteiger partial charge in [0.05, 0.1) is 17.8 Å². The minimum Gasteiger partial charge on any atom is -0.458 e. The first-order chi connectivity index (χ1) is 13.3. The molecule has 134 valence electrons. The first-order valence-electron chi connectivity index (χ1n) is 8.81. The minimum atomic E-state index is -0.0171. The first kappa shape index (κ1) is 17.3. The Balaban J connectivity index is 1.32. The number of hydrogen-bond acceptors (Lipinski definition) is 3. The third kappa shape index (κ3) is 4.36. The lowest BCUT2D eigenvalue weighted by Gasteiger charge is -2.06. The quantitative estimate of drug-likeness (QED) is 0.482. The molecule has 0 aliphatic carbocycles. The largest absolute Gasteiger partial charge is 0.458 e. The van der Waals surface area contributed by atoms with Gasteiger partial charge in [-0.2, -0.15) is 0 Å². The van der Waals surface area contributed by atoms with Crippen molar-refractivity contribution in [1.29, 1.82) is 0 Å². The number of rotatable bonds is 6. The van der Waals surface area contributed by atoms with Crippen LogP contribution in [0.5, 0.6) is 0 Å². The van der Waals surface area contributed by atoms with Gasteiger partial charge >= 0.3 is 0 Å². The molecule has 0 radical (unpaired) electrons. The van der Waals surface area contributed by atoms with E-state index in [4.69, 9.17) is 4.42 Å². The number of furan rings is 1. The fourth-order valence-corrected chi connectivity index (χ4v) is 3.59. The number of carbonyl (C=O) groups is 1. The molecule has 0 atom stereocenters. The second-order valence-electron chi connectivity index (χ2n) is 6.26. The monoisotopic (exact) mass is 373 g/mol. The van der Waals surface area contributed by atoms with Crippen LogP contribution in [-0.4, -0.2) is 5.91 Å². The summed E-state index contributed by atoms with van der Waals surface area (Å²) in [5, 5.41) is 4.94. The molecule has 2 aromatic carbocycles. The molecule has 0 unspecified atom stereocenters. The van der Waals surface area contributed by atoms with Crippen LogP contribution in [0.2, 0.25) is 0 Å². The zero-order valence-corrected chi connectivity index (χ0v) is 15.5. The van der Waals surface area contributed by atoms with Crippen molar-refractivity contribution in [3.8, 4) is 21.8 Å². The maximum atomic E-state index is 12.2. The summed E-state index contributed by atoms with van der Waals surface area (Å²) in [6, 6.07) is 26.2. The van der Waals surface area contributed by atoms with E-state index in [-0.39, 0.29) is 5.91 Å². The van der Waals surface area contributed by atoms with Gasteiger partial charge < -0.3 is 9.73 Å². The van der Waals surface area contributed by atoms with E-state index in [1.54, 1.807) is 11.3 Å². The highest BCUT2D eigenvalue weighted by molar-refractivity contribution is 7.13. The lowest BCUT2D eigenvalue weighted by molar-refractivity contribution is -0.120. The van der Waals surface area contributed by atoms with Gasteiger partial charge in [0.1, 0.15) is 11.5 Å². The number of nitrogens with one attached hydrogen (secondary N) is 1. The zero-order chi connectivity index (χ0) is 18.5. The number of thiophene rings is 1. The highest BCUT2D eigenvalue weighted by Gasteiger charge is 2.08. The molecule has 2 aromatic heterocycles. The third-order valence-corrected chi connectivity index (χ3v) is 5.20. The van der Waals surface area contributed by atoms with Crippen molar-refractivity contribution in [3.63, 3.8) is 0 Å². The molecule has 3 nitrogen and oxygen atoms in total. The molecular formula is C23H19NO2S. The summed E-state index contributed by atoms with van der Waals surface area (Å²) in [6.45, 7) is 0.395. The van der Waals surface area contributed by atoms with Crippen LogP contribution < -0.4 is 5.32 Å². The molecule has 4 rings (SSSR count). The summed E-state index contributed by atoms with van der Waals surface area (Å²) in [4.78, 5) is 13.3. The molecule has 1 amide bonds. The minimum absolute atomic E-state index is 0.0171. The second-order valence-corrected chi connectivity index (χ2v) is 7.21. The summed E-state index contributed by atoms with van der Waals surface area (Å²) < 4.78 is 5.79. The van der Waals surface area contributed by atoms with Crippen LogP contribution in [0.15, 0.2) is 88.7 Å². The topological polar surface area (TPSA) is 42.2 Å². The van der Waals surface area contributed by atoms with Crippen molar-refractivity contribution in [2.24, 2.45) is 0 Å². The predicted molar refractivity (Wildman–Crippen MR) is 109 cm³/mol. The molecule has 27 heavy (non-hydrogen) atoms. The first-order valence-corrected chi connectivity index (χ1v) is 9.69. The maximum Gasteiger partial charge on any atom is 0.224 e. The molecule has 4 aromatic rings. The van der Waals surface area contributed by atoms with E-state index in [1.165, 1.54) is 5.56 Å². The van der Waals surface area contributed by atoms with Crippen LogP contribution in [-0.2, 0) is 17.8 Å². The molecule has 0 spiro atoms. The van der Waals surface area contributed by atoms with Crippen LogP contribution in [0.25, 0.3) is 21.8 Å². The highest BCUT2D eigenvalue weighted by Crippen LogP contribution is 2.26. The number of amides is 1. The van der Waals surface area contributed by atoms with Gasteiger partial charge in [0, 0.05) is 0 Å². The fraction of sp³-hybridized carbons (Fsp3) is 0.0870. The maximum absolute atomic E-state index is 12.2. The van der Waals surface area contributed by atoms with Crippen LogP contribution in [0, 0.1) is 0 Å². The SMILES string of the molecule is O=C(Cc1ccc(-c2ccccc2)cc1)NCc1ccc(-c2cccs2)o1. The summed E-state index contributed by atoms with van der Waals surface area (Å²) in [6.07, 6.45) is 0.355. The number of carbonyl (C=O) groups excluding carboxylic acids is 1. The Bertz CT molecular complexity index is 1000. The molecule has 0 fully saturated rings. The van der Waals surface area contributed by atoms with E-state index in [0.29, 0.717) is 13.0 Å². The highest BCUT2D eigenvalue weighted by atomic mass is 32.1. The van der Waals surface area contributed by atoms with Crippen LogP contribution in [0.3, 0.4) is 0 Å². The van der Waals surface area contributed by atoms with Gasteiger partial charge in [0.25, 0.3) is 0 Å². The van der Waals surface area contributed by atoms with Crippen LogP contribution in [0.1, 0.15) is 11.3 Å². The van der Waals surface area contributed by atoms with Gasteiger partial charge in [0.2, 0.25) is 5.91 Å². The third-order valence-electron chi connectivity index (χ3n) is 4.31. The van der Waals surface area contributed by atoms with Crippen LogP contribution >= 0.6 is 11.3 Å². The van der Waals surface area contributed by atoms with Gasteiger partial charge in [0.15, 0.2) is 0 Å². The van der Waals surface area contributed by atoms with Gasteiger partial charge in [-0.3, -0.25) is 4.79 Å². The van der Waals surface area contributed by atoms with Gasteiger partial charge in [-0.05, 0) is 40.3 Å². The van der Waals surface area contributed by atoms with E-state index in [2.05, 4.69) is 29.6 Å². The molecule has 0 aliphatic rings. The summed E-state index contributed by atoms with van der Waals surface area (Å²) in [7, 11) is 0. The van der Waals surface area contributed by atoms with Crippen molar-refractivity contribution < 1.29 is 9.21 Å². The van der Waals surface area contributed by atoms with Crippen molar-refractivity contribution in [2.75, 3.05) is 0 Å². The van der Waals surface area contributed by atoms with Crippen molar-refractivity contribution in [2.45, 2.75) is 13.0 Å².